The zero-order chi connectivity index (χ0) is 19.0. The standard InChI is InChI=1S/C19H22FN3O4/c1-12-19(10-26-11-19)27-5-4-23(12)16-6-13(8-22-18(16)25-3)14-7-17(24-2)21-9-15(14)20/h6-9,12H,4-5,10-11H2,1-3H3/t12-/m0/s1. The normalized spacial score (nSPS) is 21.0. The quantitative estimate of drug-likeness (QED) is 0.812. The van der Waals surface area contributed by atoms with Gasteiger partial charge < -0.3 is 23.8 Å². The van der Waals surface area contributed by atoms with Gasteiger partial charge in [-0.25, -0.2) is 14.4 Å². The molecule has 2 aliphatic rings. The fourth-order valence-electron chi connectivity index (χ4n) is 3.61. The highest BCUT2D eigenvalue weighted by molar-refractivity contribution is 5.71. The van der Waals surface area contributed by atoms with Gasteiger partial charge in [0, 0.05) is 29.9 Å². The Kier molecular flexibility index (Phi) is 4.61. The second-order valence-electron chi connectivity index (χ2n) is 6.73. The van der Waals surface area contributed by atoms with E-state index in [1.165, 1.54) is 7.11 Å². The molecular weight excluding hydrogens is 353 g/mol. The van der Waals surface area contributed by atoms with Crippen molar-refractivity contribution in [1.82, 2.24) is 9.97 Å². The van der Waals surface area contributed by atoms with E-state index in [0.29, 0.717) is 49.3 Å². The molecule has 2 saturated heterocycles. The van der Waals surface area contributed by atoms with Crippen LogP contribution in [0.4, 0.5) is 10.1 Å². The van der Waals surface area contributed by atoms with Crippen molar-refractivity contribution in [3.8, 4) is 22.9 Å². The number of pyridine rings is 2. The van der Waals surface area contributed by atoms with Gasteiger partial charge in [0.1, 0.15) is 17.1 Å². The SMILES string of the molecule is COc1cc(-c2cnc(OC)c(N3CCOC4(COC4)[C@@H]3C)c2)c(F)cn1. The molecule has 2 aromatic heterocycles. The van der Waals surface area contributed by atoms with Crippen LogP contribution >= 0.6 is 0 Å². The van der Waals surface area contributed by atoms with Crippen molar-refractivity contribution >= 4 is 5.69 Å². The van der Waals surface area contributed by atoms with Crippen LogP contribution in [0.1, 0.15) is 6.92 Å². The number of ether oxygens (including phenoxy) is 4. The topological polar surface area (TPSA) is 65.9 Å². The number of halogens is 1. The van der Waals surface area contributed by atoms with Crippen molar-refractivity contribution in [1.29, 1.82) is 0 Å². The Morgan fingerprint density at radius 3 is 2.67 bits per heavy atom. The lowest BCUT2D eigenvalue weighted by atomic mass is 9.90. The molecule has 0 aliphatic carbocycles. The van der Waals surface area contributed by atoms with E-state index in [1.54, 1.807) is 19.4 Å². The number of hydrogen-bond donors (Lipinski definition) is 0. The molecule has 4 rings (SSSR count). The summed E-state index contributed by atoms with van der Waals surface area (Å²) < 4.78 is 36.4. The van der Waals surface area contributed by atoms with Crippen molar-refractivity contribution < 1.29 is 23.3 Å². The van der Waals surface area contributed by atoms with Crippen LogP contribution in [-0.4, -0.2) is 62.2 Å². The van der Waals surface area contributed by atoms with Crippen molar-refractivity contribution in [2.75, 3.05) is 45.5 Å². The maximum Gasteiger partial charge on any atom is 0.237 e. The van der Waals surface area contributed by atoms with Gasteiger partial charge in [0.2, 0.25) is 11.8 Å². The third kappa shape index (κ3) is 2.98. The van der Waals surface area contributed by atoms with Crippen LogP contribution in [0.3, 0.4) is 0 Å². The van der Waals surface area contributed by atoms with E-state index in [4.69, 9.17) is 18.9 Å². The van der Waals surface area contributed by atoms with E-state index in [-0.39, 0.29) is 11.6 Å². The monoisotopic (exact) mass is 375 g/mol. The van der Waals surface area contributed by atoms with Crippen molar-refractivity contribution in [3.05, 3.63) is 30.3 Å². The Balaban J connectivity index is 1.76. The lowest BCUT2D eigenvalue weighted by Crippen LogP contribution is -2.68. The minimum absolute atomic E-state index is 0.0720. The summed E-state index contributed by atoms with van der Waals surface area (Å²) in [6, 6.07) is 3.52. The summed E-state index contributed by atoms with van der Waals surface area (Å²) in [5.74, 6) is 0.394. The third-order valence-corrected chi connectivity index (χ3v) is 5.33. The van der Waals surface area contributed by atoms with Gasteiger partial charge in [0.25, 0.3) is 0 Å². The first-order chi connectivity index (χ1) is 13.1. The Morgan fingerprint density at radius 2 is 2.00 bits per heavy atom. The average Bonchev–Trinajstić information content (AvgIpc) is 2.67. The lowest BCUT2D eigenvalue weighted by Gasteiger charge is -2.53. The number of aromatic nitrogens is 2. The van der Waals surface area contributed by atoms with E-state index in [9.17, 15) is 4.39 Å². The molecule has 0 amide bonds. The van der Waals surface area contributed by atoms with Crippen LogP contribution in [0, 0.1) is 5.82 Å². The lowest BCUT2D eigenvalue weighted by molar-refractivity contribution is -0.228. The maximum atomic E-state index is 14.4. The number of morpholine rings is 1. The van der Waals surface area contributed by atoms with Crippen LogP contribution in [0.25, 0.3) is 11.1 Å². The fraction of sp³-hybridized carbons (Fsp3) is 0.474. The van der Waals surface area contributed by atoms with Crippen LogP contribution in [0.5, 0.6) is 11.8 Å². The molecular formula is C19H22FN3O4. The summed E-state index contributed by atoms with van der Waals surface area (Å²) in [5.41, 5.74) is 1.49. The Bertz CT molecular complexity index is 844. The first kappa shape index (κ1) is 17.9. The minimum Gasteiger partial charge on any atom is -0.481 e. The van der Waals surface area contributed by atoms with Gasteiger partial charge in [-0.2, -0.15) is 0 Å². The van der Waals surface area contributed by atoms with E-state index in [1.807, 2.05) is 6.07 Å². The molecule has 8 heteroatoms. The molecule has 2 aromatic rings. The summed E-state index contributed by atoms with van der Waals surface area (Å²) in [6.07, 6.45) is 2.74. The number of anilines is 1. The van der Waals surface area contributed by atoms with Gasteiger partial charge in [0.15, 0.2) is 0 Å². The molecule has 1 atom stereocenters. The van der Waals surface area contributed by atoms with E-state index in [0.717, 1.165) is 11.9 Å². The number of hydrogen-bond acceptors (Lipinski definition) is 7. The molecule has 2 fully saturated rings. The Hall–Kier alpha value is -2.45. The molecule has 27 heavy (non-hydrogen) atoms. The molecule has 0 unspecified atom stereocenters. The summed E-state index contributed by atoms with van der Waals surface area (Å²) in [6.45, 7) is 4.50. The maximum absolute atomic E-state index is 14.4. The molecule has 144 valence electrons. The Labute approximate surface area is 157 Å². The molecule has 0 radical (unpaired) electrons. The molecule has 2 aliphatic heterocycles. The van der Waals surface area contributed by atoms with Crippen molar-refractivity contribution in [2.24, 2.45) is 0 Å². The first-order valence-electron chi connectivity index (χ1n) is 8.80. The zero-order valence-electron chi connectivity index (χ0n) is 15.6. The van der Waals surface area contributed by atoms with Crippen molar-refractivity contribution in [2.45, 2.75) is 18.6 Å². The van der Waals surface area contributed by atoms with Crippen LogP contribution in [0.15, 0.2) is 24.5 Å². The average molecular weight is 375 g/mol. The summed E-state index contributed by atoms with van der Waals surface area (Å²) in [5, 5.41) is 0. The summed E-state index contributed by atoms with van der Waals surface area (Å²) in [7, 11) is 3.08. The van der Waals surface area contributed by atoms with E-state index < -0.39 is 5.82 Å². The highest BCUT2D eigenvalue weighted by Crippen LogP contribution is 2.39. The molecule has 1 spiro atoms. The van der Waals surface area contributed by atoms with Crippen LogP contribution in [-0.2, 0) is 9.47 Å². The molecule has 7 nitrogen and oxygen atoms in total. The summed E-state index contributed by atoms with van der Waals surface area (Å²) in [4.78, 5) is 10.5. The van der Waals surface area contributed by atoms with Crippen LogP contribution < -0.4 is 14.4 Å². The second kappa shape index (κ2) is 6.94. The number of nitrogens with zero attached hydrogens (tertiary/aromatic N) is 3. The summed E-state index contributed by atoms with van der Waals surface area (Å²) >= 11 is 0. The number of rotatable bonds is 4. The van der Waals surface area contributed by atoms with Gasteiger partial charge in [-0.1, -0.05) is 0 Å². The second-order valence-corrected chi connectivity index (χ2v) is 6.73. The minimum atomic E-state index is -0.437. The highest BCUT2D eigenvalue weighted by atomic mass is 19.1. The molecule has 0 aromatic carbocycles. The fourth-order valence-corrected chi connectivity index (χ4v) is 3.61. The van der Waals surface area contributed by atoms with Crippen molar-refractivity contribution in [3.63, 3.8) is 0 Å². The van der Waals surface area contributed by atoms with Gasteiger partial charge >= 0.3 is 0 Å². The molecule has 0 bridgehead atoms. The molecule has 0 N–H and O–H groups in total. The van der Waals surface area contributed by atoms with Gasteiger partial charge in [-0.3, -0.25) is 0 Å². The Morgan fingerprint density at radius 1 is 1.19 bits per heavy atom. The predicted octanol–water partition coefficient (Wildman–Crippen LogP) is 2.29. The largest absolute Gasteiger partial charge is 0.481 e. The first-order valence-corrected chi connectivity index (χ1v) is 8.80. The van der Waals surface area contributed by atoms with E-state index in [2.05, 4.69) is 21.8 Å². The smallest absolute Gasteiger partial charge is 0.237 e. The van der Waals surface area contributed by atoms with Crippen LogP contribution in [0.2, 0.25) is 0 Å². The number of methoxy groups -OCH3 is 2. The highest BCUT2D eigenvalue weighted by Gasteiger charge is 2.50. The zero-order valence-corrected chi connectivity index (χ0v) is 15.6. The third-order valence-electron chi connectivity index (χ3n) is 5.33. The van der Waals surface area contributed by atoms with E-state index >= 15 is 0 Å². The van der Waals surface area contributed by atoms with Gasteiger partial charge in [-0.15, -0.1) is 0 Å². The molecule has 0 saturated carbocycles. The molecule has 4 heterocycles. The van der Waals surface area contributed by atoms with Gasteiger partial charge in [0.05, 0.1) is 46.3 Å². The predicted molar refractivity (Wildman–Crippen MR) is 96.8 cm³/mol. The van der Waals surface area contributed by atoms with Gasteiger partial charge in [-0.05, 0) is 13.0 Å².